The zero-order chi connectivity index (χ0) is 7.84. The number of carbonyl (C=O) groups is 2. The Hall–Kier alpha value is -1.78. The average molecular weight is 150 g/mol. The summed E-state index contributed by atoms with van der Waals surface area (Å²) in [6, 6.07) is 0.950. The van der Waals surface area contributed by atoms with Crippen LogP contribution in [0.1, 0.15) is 10.4 Å². The molecule has 1 aliphatic rings. The van der Waals surface area contributed by atoms with E-state index in [1.54, 1.807) is 12.3 Å². The van der Waals surface area contributed by atoms with Gasteiger partial charge in [0.1, 0.15) is 5.82 Å². The number of aromatic nitrogens is 1. The van der Waals surface area contributed by atoms with Crippen molar-refractivity contribution in [3.8, 4) is 0 Å². The van der Waals surface area contributed by atoms with Crippen LogP contribution in [-0.2, 0) is 0 Å². The second-order valence-electron chi connectivity index (χ2n) is 2.11. The van der Waals surface area contributed by atoms with Crippen LogP contribution >= 0.6 is 0 Å². The molecule has 0 spiro atoms. The van der Waals surface area contributed by atoms with Crippen molar-refractivity contribution in [3.63, 3.8) is 0 Å². The monoisotopic (exact) mass is 150 g/mol. The lowest BCUT2D eigenvalue weighted by atomic mass is 10.2. The first kappa shape index (κ1) is 5.96. The minimum absolute atomic E-state index is 0.332. The number of hydrogen-bond acceptors (Lipinski definition) is 2. The molecule has 0 atom stereocenters. The Labute approximate surface area is 61.8 Å². The molecule has 55 valence electrons. The van der Waals surface area contributed by atoms with Crippen LogP contribution in [0.25, 0.3) is 0 Å². The van der Waals surface area contributed by atoms with Gasteiger partial charge in [-0.25, -0.2) is 4.79 Å². The van der Waals surface area contributed by atoms with E-state index < -0.39 is 11.9 Å². The largest absolute Gasteiger partial charge is 0.349 e. The van der Waals surface area contributed by atoms with Gasteiger partial charge in [-0.3, -0.25) is 10.1 Å². The predicted molar refractivity (Wildman–Crippen MR) is 35.4 cm³/mol. The molecule has 1 aromatic heterocycles. The molecule has 1 radical (unpaired) electrons. The fraction of sp³-hybridized carbons (Fsp3) is 0. The number of hydrogen-bond donors (Lipinski definition) is 2. The van der Waals surface area contributed by atoms with Gasteiger partial charge in [0.05, 0.1) is 5.56 Å². The summed E-state index contributed by atoms with van der Waals surface area (Å²) >= 11 is 0. The Bertz CT molecular complexity index is 328. The number of amides is 3. The summed E-state index contributed by atoms with van der Waals surface area (Å²) in [4.78, 5) is 24.2. The third-order valence-corrected chi connectivity index (χ3v) is 1.40. The van der Waals surface area contributed by atoms with Crippen LogP contribution in [0.15, 0.2) is 12.3 Å². The van der Waals surface area contributed by atoms with Crippen molar-refractivity contribution in [1.29, 1.82) is 0 Å². The maximum absolute atomic E-state index is 10.9. The van der Waals surface area contributed by atoms with Crippen LogP contribution in [0.3, 0.4) is 0 Å². The summed E-state index contributed by atoms with van der Waals surface area (Å²) in [6.45, 7) is 0. The predicted octanol–water partition coefficient (Wildman–Crippen LogP) is 0.114. The van der Waals surface area contributed by atoms with Crippen molar-refractivity contribution in [2.24, 2.45) is 0 Å². The van der Waals surface area contributed by atoms with Gasteiger partial charge < -0.3 is 4.98 Å². The highest BCUT2D eigenvalue weighted by molar-refractivity contribution is 6.11. The van der Waals surface area contributed by atoms with Gasteiger partial charge in [0.15, 0.2) is 0 Å². The zero-order valence-electron chi connectivity index (χ0n) is 5.42. The van der Waals surface area contributed by atoms with Crippen LogP contribution in [0.5, 0.6) is 0 Å². The minimum Gasteiger partial charge on any atom is -0.346 e. The van der Waals surface area contributed by atoms with Crippen LogP contribution in [0, 0.1) is 0 Å². The fourth-order valence-electron chi connectivity index (χ4n) is 0.930. The molecule has 5 heteroatoms. The first-order valence-corrected chi connectivity index (χ1v) is 3.02. The second kappa shape index (κ2) is 1.85. The van der Waals surface area contributed by atoms with Crippen molar-refractivity contribution in [2.75, 3.05) is 0 Å². The average Bonchev–Trinajstić information content (AvgIpc) is 2.34. The summed E-state index contributed by atoms with van der Waals surface area (Å²) in [5, 5.41) is 5.59. The van der Waals surface area contributed by atoms with E-state index in [0.717, 1.165) is 0 Å². The maximum Gasteiger partial charge on any atom is 0.349 e. The van der Waals surface area contributed by atoms with E-state index in [0.29, 0.717) is 11.4 Å². The quantitative estimate of drug-likeness (QED) is 0.550. The third-order valence-electron chi connectivity index (χ3n) is 1.40. The molecule has 2 heterocycles. The summed E-state index contributed by atoms with van der Waals surface area (Å²) in [5.41, 5.74) is 0.407. The normalized spacial score (nSPS) is 15.3. The van der Waals surface area contributed by atoms with Crippen LogP contribution < -0.4 is 10.6 Å². The number of imide groups is 1. The van der Waals surface area contributed by atoms with E-state index in [9.17, 15) is 9.59 Å². The zero-order valence-corrected chi connectivity index (χ0v) is 5.42. The van der Waals surface area contributed by atoms with Gasteiger partial charge in [0.25, 0.3) is 5.91 Å². The third kappa shape index (κ3) is 0.778. The van der Waals surface area contributed by atoms with E-state index in [1.165, 1.54) is 0 Å². The lowest BCUT2D eigenvalue weighted by Gasteiger charge is -2.08. The highest BCUT2D eigenvalue weighted by Crippen LogP contribution is 2.15. The molecule has 0 unspecified atom stereocenters. The van der Waals surface area contributed by atoms with Gasteiger partial charge in [-0.05, 0) is 6.07 Å². The molecule has 0 saturated heterocycles. The van der Waals surface area contributed by atoms with Gasteiger partial charge in [0.2, 0.25) is 0 Å². The molecule has 1 aliphatic heterocycles. The molecular weight excluding hydrogens is 146 g/mol. The highest BCUT2D eigenvalue weighted by atomic mass is 16.2. The van der Waals surface area contributed by atoms with Crippen LogP contribution in [-0.4, -0.2) is 16.9 Å². The number of nitrogens with zero attached hydrogens (tertiary/aromatic N) is 1. The lowest BCUT2D eigenvalue weighted by Crippen LogP contribution is -2.38. The molecule has 5 nitrogen and oxygen atoms in total. The number of urea groups is 1. The Morgan fingerprint density at radius 1 is 1.36 bits per heavy atom. The van der Waals surface area contributed by atoms with Gasteiger partial charge in [0, 0.05) is 6.20 Å². The lowest BCUT2D eigenvalue weighted by molar-refractivity contribution is 0.0960. The van der Waals surface area contributed by atoms with Gasteiger partial charge in [-0.2, -0.15) is 5.32 Å². The molecular formula is C6H4N3O2. The van der Waals surface area contributed by atoms with Crippen LogP contribution in [0.2, 0.25) is 0 Å². The highest BCUT2D eigenvalue weighted by Gasteiger charge is 2.23. The molecule has 11 heavy (non-hydrogen) atoms. The minimum atomic E-state index is -0.620. The van der Waals surface area contributed by atoms with E-state index in [-0.39, 0.29) is 0 Å². The van der Waals surface area contributed by atoms with E-state index in [4.69, 9.17) is 0 Å². The van der Waals surface area contributed by atoms with Crippen molar-refractivity contribution < 1.29 is 9.59 Å². The first-order valence-electron chi connectivity index (χ1n) is 3.02. The summed E-state index contributed by atoms with van der Waals surface area (Å²) in [5.74, 6) is -0.0694. The summed E-state index contributed by atoms with van der Waals surface area (Å²) in [7, 11) is 0. The second-order valence-corrected chi connectivity index (χ2v) is 2.11. The van der Waals surface area contributed by atoms with Gasteiger partial charge >= 0.3 is 6.03 Å². The Morgan fingerprint density at radius 3 is 3.00 bits per heavy atom. The SMILES string of the molecule is O=C1[N]c2[nH]ccc2C(=O)N1. The number of carbonyl (C=O) groups excluding carboxylic acids is 2. The van der Waals surface area contributed by atoms with Crippen molar-refractivity contribution in [3.05, 3.63) is 17.8 Å². The molecule has 2 rings (SSSR count). The molecule has 1 aromatic rings. The molecule has 0 bridgehead atoms. The van der Waals surface area contributed by atoms with Crippen LogP contribution in [0.4, 0.5) is 10.6 Å². The Kier molecular flexibility index (Phi) is 1.00. The number of rotatable bonds is 0. The fourth-order valence-corrected chi connectivity index (χ4v) is 0.930. The standard InChI is InChI=1S/C6H4N3O2/c10-5-3-1-2-7-4(3)8-6(11)9-5/h1-2,7H,(H,9,10,11). The molecule has 3 amide bonds. The summed E-state index contributed by atoms with van der Waals surface area (Å²) in [6.07, 6.45) is 1.56. The van der Waals surface area contributed by atoms with Crippen molar-refractivity contribution in [1.82, 2.24) is 15.6 Å². The number of nitrogens with one attached hydrogen (secondary N) is 2. The topological polar surface area (TPSA) is 76.1 Å². The molecule has 0 aromatic carbocycles. The first-order chi connectivity index (χ1) is 5.27. The molecule has 0 saturated carbocycles. The van der Waals surface area contributed by atoms with Crippen molar-refractivity contribution in [2.45, 2.75) is 0 Å². The Balaban J connectivity index is 2.52. The summed E-state index contributed by atoms with van der Waals surface area (Å²) < 4.78 is 0. The number of H-pyrrole nitrogens is 1. The smallest absolute Gasteiger partial charge is 0.346 e. The van der Waals surface area contributed by atoms with Crippen molar-refractivity contribution >= 4 is 17.8 Å². The van der Waals surface area contributed by atoms with Gasteiger partial charge in [-0.15, -0.1) is 0 Å². The number of fused-ring (bicyclic) bond motifs is 1. The molecule has 0 fully saturated rings. The Morgan fingerprint density at radius 2 is 2.18 bits per heavy atom. The molecule has 0 aliphatic carbocycles. The maximum atomic E-state index is 10.9. The van der Waals surface area contributed by atoms with Gasteiger partial charge in [-0.1, -0.05) is 0 Å². The van der Waals surface area contributed by atoms with E-state index in [1.807, 2.05) is 0 Å². The van der Waals surface area contributed by atoms with E-state index in [2.05, 4.69) is 15.6 Å². The number of aromatic amines is 1. The van der Waals surface area contributed by atoms with E-state index >= 15 is 0 Å². The molecule has 2 N–H and O–H groups in total.